The second-order valence-electron chi connectivity index (χ2n) is 4.84. The summed E-state index contributed by atoms with van der Waals surface area (Å²) in [5.74, 6) is 0. The molecular formula is C13H25N3S. The molecular weight excluding hydrogens is 230 g/mol. The maximum absolute atomic E-state index is 4.29. The molecule has 3 nitrogen and oxygen atoms in total. The number of aromatic nitrogens is 1. The molecule has 4 heteroatoms. The van der Waals surface area contributed by atoms with Crippen molar-refractivity contribution < 1.29 is 0 Å². The molecule has 0 saturated heterocycles. The van der Waals surface area contributed by atoms with Gasteiger partial charge in [-0.3, -0.25) is 4.90 Å². The largest absolute Gasteiger partial charge is 0.313 e. The molecule has 0 fully saturated rings. The molecule has 1 aromatic heterocycles. The second kappa shape index (κ2) is 7.09. The first-order chi connectivity index (χ1) is 8.04. The number of nitrogens with one attached hydrogen (secondary N) is 1. The number of nitrogens with zero attached hydrogens (tertiary/aromatic N) is 2. The van der Waals surface area contributed by atoms with Gasteiger partial charge in [0.1, 0.15) is 0 Å². The highest BCUT2D eigenvalue weighted by Crippen LogP contribution is 2.15. The van der Waals surface area contributed by atoms with E-state index in [1.807, 2.05) is 5.51 Å². The van der Waals surface area contributed by atoms with E-state index >= 15 is 0 Å². The Morgan fingerprint density at radius 2 is 2.18 bits per heavy atom. The van der Waals surface area contributed by atoms with E-state index in [1.165, 1.54) is 17.0 Å². The van der Waals surface area contributed by atoms with Crippen LogP contribution in [0.2, 0.25) is 0 Å². The van der Waals surface area contributed by atoms with Crippen LogP contribution in [0.5, 0.6) is 0 Å². The first-order valence-electron chi connectivity index (χ1n) is 6.37. The third kappa shape index (κ3) is 4.74. The Bertz CT molecular complexity index is 324. The molecule has 1 rings (SSSR count). The van der Waals surface area contributed by atoms with Gasteiger partial charge in [0, 0.05) is 30.1 Å². The molecule has 2 unspecified atom stereocenters. The molecule has 0 saturated carbocycles. The third-order valence-corrected chi connectivity index (χ3v) is 4.28. The van der Waals surface area contributed by atoms with Crippen molar-refractivity contribution in [2.75, 3.05) is 13.6 Å². The van der Waals surface area contributed by atoms with Gasteiger partial charge in [0.15, 0.2) is 0 Å². The van der Waals surface area contributed by atoms with E-state index in [9.17, 15) is 0 Å². The summed E-state index contributed by atoms with van der Waals surface area (Å²) in [6.07, 6.45) is 1.18. The van der Waals surface area contributed by atoms with Gasteiger partial charge in [-0.25, -0.2) is 4.98 Å². The van der Waals surface area contributed by atoms with Crippen LogP contribution in [-0.4, -0.2) is 35.6 Å². The summed E-state index contributed by atoms with van der Waals surface area (Å²) < 4.78 is 0. The SMILES string of the molecule is CCC(C)NCC(C)N(C)Cc1scnc1C. The molecule has 0 aliphatic rings. The summed E-state index contributed by atoms with van der Waals surface area (Å²) in [7, 11) is 2.18. The van der Waals surface area contributed by atoms with Crippen LogP contribution in [0.1, 0.15) is 37.8 Å². The van der Waals surface area contributed by atoms with Crippen molar-refractivity contribution in [1.29, 1.82) is 0 Å². The lowest BCUT2D eigenvalue weighted by Gasteiger charge is -2.26. The molecule has 1 aromatic rings. The Kier molecular flexibility index (Phi) is 6.09. The van der Waals surface area contributed by atoms with Gasteiger partial charge in [-0.2, -0.15) is 0 Å². The lowest BCUT2D eigenvalue weighted by molar-refractivity contribution is 0.239. The number of hydrogen-bond acceptors (Lipinski definition) is 4. The Balaban J connectivity index is 2.37. The summed E-state index contributed by atoms with van der Waals surface area (Å²) in [5.41, 5.74) is 3.10. The summed E-state index contributed by atoms with van der Waals surface area (Å²) in [4.78, 5) is 8.06. The molecule has 0 bridgehead atoms. The van der Waals surface area contributed by atoms with Crippen molar-refractivity contribution in [3.8, 4) is 0 Å². The van der Waals surface area contributed by atoms with Gasteiger partial charge in [0.05, 0.1) is 11.2 Å². The minimum atomic E-state index is 0.547. The molecule has 98 valence electrons. The van der Waals surface area contributed by atoms with Gasteiger partial charge >= 0.3 is 0 Å². The van der Waals surface area contributed by atoms with Crippen molar-refractivity contribution >= 4 is 11.3 Å². The Morgan fingerprint density at radius 1 is 1.47 bits per heavy atom. The average molecular weight is 255 g/mol. The number of rotatable bonds is 7. The highest BCUT2D eigenvalue weighted by molar-refractivity contribution is 7.09. The fourth-order valence-corrected chi connectivity index (χ4v) is 2.37. The molecule has 17 heavy (non-hydrogen) atoms. The minimum absolute atomic E-state index is 0.547. The van der Waals surface area contributed by atoms with Crippen LogP contribution >= 0.6 is 11.3 Å². The predicted octanol–water partition coefficient (Wildman–Crippen LogP) is 2.66. The average Bonchev–Trinajstić information content (AvgIpc) is 2.71. The molecule has 0 spiro atoms. The van der Waals surface area contributed by atoms with Crippen LogP contribution in [0.4, 0.5) is 0 Å². The first-order valence-corrected chi connectivity index (χ1v) is 7.25. The van der Waals surface area contributed by atoms with Crippen molar-refractivity contribution in [1.82, 2.24) is 15.2 Å². The maximum atomic E-state index is 4.29. The standard InChI is InChI=1S/C13H25N3S/c1-6-10(2)14-7-11(3)16(5)8-13-12(4)15-9-17-13/h9-11,14H,6-8H2,1-5H3. The minimum Gasteiger partial charge on any atom is -0.313 e. The second-order valence-corrected chi connectivity index (χ2v) is 5.78. The summed E-state index contributed by atoms with van der Waals surface area (Å²) in [5, 5.41) is 3.55. The van der Waals surface area contributed by atoms with Crippen LogP contribution in [0, 0.1) is 6.92 Å². The lowest BCUT2D eigenvalue weighted by atomic mass is 10.2. The zero-order valence-electron chi connectivity index (χ0n) is 11.7. The normalized spacial score (nSPS) is 15.2. The Hall–Kier alpha value is -0.450. The van der Waals surface area contributed by atoms with Gasteiger partial charge in [-0.05, 0) is 34.2 Å². The number of aryl methyl sites for hydroxylation is 1. The number of likely N-dealkylation sites (N-methyl/N-ethyl adjacent to an activating group) is 1. The van der Waals surface area contributed by atoms with E-state index < -0.39 is 0 Å². The monoisotopic (exact) mass is 255 g/mol. The first kappa shape index (κ1) is 14.6. The van der Waals surface area contributed by atoms with E-state index in [2.05, 4.69) is 49.9 Å². The van der Waals surface area contributed by atoms with Crippen LogP contribution in [0.25, 0.3) is 0 Å². The zero-order valence-corrected chi connectivity index (χ0v) is 12.5. The van der Waals surface area contributed by atoms with Crippen LogP contribution < -0.4 is 5.32 Å². The molecule has 0 aromatic carbocycles. The molecule has 1 N–H and O–H groups in total. The van der Waals surface area contributed by atoms with Crippen LogP contribution in [-0.2, 0) is 6.54 Å². The lowest BCUT2D eigenvalue weighted by Crippen LogP contribution is -2.40. The topological polar surface area (TPSA) is 28.2 Å². The van der Waals surface area contributed by atoms with E-state index in [1.54, 1.807) is 11.3 Å². The highest BCUT2D eigenvalue weighted by atomic mass is 32.1. The van der Waals surface area contributed by atoms with Crippen molar-refractivity contribution in [3.05, 3.63) is 16.1 Å². The van der Waals surface area contributed by atoms with Gasteiger partial charge in [0.25, 0.3) is 0 Å². The van der Waals surface area contributed by atoms with Gasteiger partial charge in [-0.15, -0.1) is 11.3 Å². The van der Waals surface area contributed by atoms with Gasteiger partial charge in [0.2, 0.25) is 0 Å². The van der Waals surface area contributed by atoms with Gasteiger partial charge < -0.3 is 5.32 Å². The summed E-state index contributed by atoms with van der Waals surface area (Å²) >= 11 is 1.75. The van der Waals surface area contributed by atoms with Crippen molar-refractivity contribution in [3.63, 3.8) is 0 Å². The van der Waals surface area contributed by atoms with E-state index in [0.717, 1.165) is 13.1 Å². The fourth-order valence-electron chi connectivity index (χ4n) is 1.53. The summed E-state index contributed by atoms with van der Waals surface area (Å²) in [6, 6.07) is 1.15. The quantitative estimate of drug-likeness (QED) is 0.812. The maximum Gasteiger partial charge on any atom is 0.0798 e. The summed E-state index contributed by atoms with van der Waals surface area (Å²) in [6.45, 7) is 10.9. The van der Waals surface area contributed by atoms with Gasteiger partial charge in [-0.1, -0.05) is 6.92 Å². The molecule has 0 radical (unpaired) electrons. The van der Waals surface area contributed by atoms with Crippen molar-refractivity contribution in [2.24, 2.45) is 0 Å². The molecule has 0 aliphatic heterocycles. The molecule has 1 heterocycles. The number of thiazole rings is 1. The molecule has 2 atom stereocenters. The third-order valence-electron chi connectivity index (χ3n) is 3.36. The number of hydrogen-bond donors (Lipinski definition) is 1. The van der Waals surface area contributed by atoms with E-state index in [4.69, 9.17) is 0 Å². The van der Waals surface area contributed by atoms with Crippen LogP contribution in [0.15, 0.2) is 5.51 Å². The Morgan fingerprint density at radius 3 is 2.71 bits per heavy atom. The highest BCUT2D eigenvalue weighted by Gasteiger charge is 2.12. The smallest absolute Gasteiger partial charge is 0.0798 e. The predicted molar refractivity (Wildman–Crippen MR) is 75.5 cm³/mol. The molecule has 0 aliphatic carbocycles. The molecule has 0 amide bonds. The fraction of sp³-hybridized carbons (Fsp3) is 0.769. The van der Waals surface area contributed by atoms with E-state index in [-0.39, 0.29) is 0 Å². The van der Waals surface area contributed by atoms with Crippen molar-refractivity contribution in [2.45, 2.75) is 52.7 Å². The van der Waals surface area contributed by atoms with Crippen LogP contribution in [0.3, 0.4) is 0 Å². The Labute approximate surface area is 109 Å². The zero-order chi connectivity index (χ0) is 12.8. The van der Waals surface area contributed by atoms with E-state index in [0.29, 0.717) is 12.1 Å².